The fourth-order valence-electron chi connectivity index (χ4n) is 2.22. The van der Waals surface area contributed by atoms with E-state index in [0.717, 1.165) is 24.2 Å². The van der Waals surface area contributed by atoms with Crippen molar-refractivity contribution in [3.8, 4) is 17.0 Å². The molecule has 0 unspecified atom stereocenters. The van der Waals surface area contributed by atoms with Gasteiger partial charge in [0, 0.05) is 5.56 Å². The third-order valence-corrected chi connectivity index (χ3v) is 3.64. The number of aromatic nitrogens is 2. The predicted octanol–water partition coefficient (Wildman–Crippen LogP) is 3.61. The minimum Gasteiger partial charge on any atom is -0.494 e. The highest BCUT2D eigenvalue weighted by atomic mass is 16.5. The number of nitrogens with zero attached hydrogens (tertiary/aromatic N) is 2. The van der Waals surface area contributed by atoms with E-state index in [4.69, 9.17) is 9.15 Å². The normalized spacial score (nSPS) is 11.0. The highest BCUT2D eigenvalue weighted by Crippen LogP contribution is 2.21. The van der Waals surface area contributed by atoms with Crippen LogP contribution in [-0.2, 0) is 0 Å². The van der Waals surface area contributed by atoms with Crippen molar-refractivity contribution < 1.29 is 13.9 Å². The number of unbranched alkanes of at least 4 members (excludes halogenated alkanes) is 1. The number of hydrogen-bond acceptors (Lipinski definition) is 5. The molecule has 0 aliphatic rings. The summed E-state index contributed by atoms with van der Waals surface area (Å²) in [5.74, 6) is 0.992. The predicted molar refractivity (Wildman–Crippen MR) is 98.2 cm³/mol. The molecule has 0 spiro atoms. The summed E-state index contributed by atoms with van der Waals surface area (Å²) in [7, 11) is 0. The van der Waals surface area contributed by atoms with Gasteiger partial charge in [0.15, 0.2) is 0 Å². The second-order valence-electron chi connectivity index (χ2n) is 5.61. The number of furan rings is 1. The highest BCUT2D eigenvalue weighted by Gasteiger charge is 2.10. The van der Waals surface area contributed by atoms with Gasteiger partial charge in [0.05, 0.1) is 24.8 Å². The van der Waals surface area contributed by atoms with Crippen molar-refractivity contribution in [3.63, 3.8) is 0 Å². The summed E-state index contributed by atoms with van der Waals surface area (Å²) in [5.41, 5.74) is 4.30. The standard InChI is InChI=1S/C19H20N4O3/c1-2-3-10-25-15-8-6-14(7-9-15)17-12-18(22-21-17)19(24)23-20-13-16-5-4-11-26-16/h4-9,11-13H,2-3,10H2,1H3,(H,21,22)(H,23,24). The Bertz CT molecular complexity index is 851. The molecule has 3 aromatic rings. The molecule has 0 atom stereocenters. The van der Waals surface area contributed by atoms with Crippen LogP contribution in [0.3, 0.4) is 0 Å². The van der Waals surface area contributed by atoms with Crippen LogP contribution in [-0.4, -0.2) is 28.9 Å². The lowest BCUT2D eigenvalue weighted by atomic mass is 10.1. The second kappa shape index (κ2) is 8.66. The number of nitrogens with one attached hydrogen (secondary N) is 2. The zero-order valence-electron chi connectivity index (χ0n) is 14.4. The molecule has 0 saturated heterocycles. The van der Waals surface area contributed by atoms with Crippen LogP contribution in [0.5, 0.6) is 5.75 Å². The zero-order valence-corrected chi connectivity index (χ0v) is 14.4. The number of H-pyrrole nitrogens is 1. The summed E-state index contributed by atoms with van der Waals surface area (Å²) in [4.78, 5) is 12.1. The SMILES string of the molecule is CCCCOc1ccc(-c2cc(C(=O)NN=Cc3ccco3)[nH]n2)cc1. The van der Waals surface area contributed by atoms with Gasteiger partial charge in [-0.3, -0.25) is 9.89 Å². The van der Waals surface area contributed by atoms with E-state index in [1.807, 2.05) is 24.3 Å². The van der Waals surface area contributed by atoms with Gasteiger partial charge in [-0.2, -0.15) is 10.2 Å². The fourth-order valence-corrected chi connectivity index (χ4v) is 2.22. The van der Waals surface area contributed by atoms with E-state index in [0.29, 0.717) is 23.8 Å². The van der Waals surface area contributed by atoms with Gasteiger partial charge in [0.1, 0.15) is 17.2 Å². The minimum absolute atomic E-state index is 0.319. The summed E-state index contributed by atoms with van der Waals surface area (Å²) in [6, 6.07) is 12.8. The molecule has 26 heavy (non-hydrogen) atoms. The first kappa shape index (κ1) is 17.5. The topological polar surface area (TPSA) is 92.5 Å². The Morgan fingerprint density at radius 1 is 1.35 bits per heavy atom. The molecule has 7 heteroatoms. The third kappa shape index (κ3) is 4.60. The van der Waals surface area contributed by atoms with Gasteiger partial charge >= 0.3 is 0 Å². The summed E-state index contributed by atoms with van der Waals surface area (Å²) < 4.78 is 10.7. The van der Waals surface area contributed by atoms with Crippen LogP contribution >= 0.6 is 0 Å². The number of carbonyl (C=O) groups is 1. The van der Waals surface area contributed by atoms with Crippen molar-refractivity contribution in [1.82, 2.24) is 15.6 Å². The molecule has 7 nitrogen and oxygen atoms in total. The maximum atomic E-state index is 12.1. The van der Waals surface area contributed by atoms with E-state index in [9.17, 15) is 4.79 Å². The number of aromatic amines is 1. The van der Waals surface area contributed by atoms with Crippen molar-refractivity contribution in [2.45, 2.75) is 19.8 Å². The molecule has 0 aliphatic carbocycles. The molecule has 2 N–H and O–H groups in total. The van der Waals surface area contributed by atoms with Crippen molar-refractivity contribution in [2.75, 3.05) is 6.61 Å². The fraction of sp³-hybridized carbons (Fsp3) is 0.211. The van der Waals surface area contributed by atoms with Crippen LogP contribution in [0.1, 0.15) is 36.0 Å². The lowest BCUT2D eigenvalue weighted by molar-refractivity contribution is 0.0950. The highest BCUT2D eigenvalue weighted by molar-refractivity contribution is 5.93. The molecule has 2 aromatic heterocycles. The Balaban J connectivity index is 1.59. The van der Waals surface area contributed by atoms with Crippen LogP contribution in [0.4, 0.5) is 0 Å². The molecule has 0 aliphatic heterocycles. The number of carbonyl (C=O) groups excluding carboxylic acids is 1. The van der Waals surface area contributed by atoms with Crippen molar-refractivity contribution >= 4 is 12.1 Å². The Morgan fingerprint density at radius 2 is 2.19 bits per heavy atom. The maximum Gasteiger partial charge on any atom is 0.289 e. The lowest BCUT2D eigenvalue weighted by Crippen LogP contribution is -2.17. The van der Waals surface area contributed by atoms with E-state index < -0.39 is 0 Å². The maximum absolute atomic E-state index is 12.1. The molecular formula is C19H20N4O3. The van der Waals surface area contributed by atoms with Crippen LogP contribution in [0.25, 0.3) is 11.3 Å². The number of amides is 1. The summed E-state index contributed by atoms with van der Waals surface area (Å²) in [5, 5.41) is 10.7. The molecule has 0 bridgehead atoms. The van der Waals surface area contributed by atoms with Crippen molar-refractivity contribution in [1.29, 1.82) is 0 Å². The van der Waals surface area contributed by atoms with Gasteiger partial charge in [-0.15, -0.1) is 0 Å². The van der Waals surface area contributed by atoms with E-state index in [2.05, 4.69) is 27.6 Å². The van der Waals surface area contributed by atoms with E-state index in [1.165, 1.54) is 12.5 Å². The number of rotatable bonds is 8. The summed E-state index contributed by atoms with van der Waals surface area (Å²) in [6.07, 6.45) is 5.08. The van der Waals surface area contributed by atoms with Gasteiger partial charge in [-0.25, -0.2) is 5.43 Å². The number of hydrogen-bond donors (Lipinski definition) is 2. The Labute approximate surface area is 151 Å². The van der Waals surface area contributed by atoms with Gasteiger partial charge < -0.3 is 9.15 Å². The van der Waals surface area contributed by atoms with Gasteiger partial charge in [-0.05, 0) is 48.9 Å². The van der Waals surface area contributed by atoms with Crippen LogP contribution < -0.4 is 10.2 Å². The van der Waals surface area contributed by atoms with Gasteiger partial charge in [0.2, 0.25) is 0 Å². The molecule has 3 rings (SSSR count). The number of benzene rings is 1. The zero-order chi connectivity index (χ0) is 18.2. The monoisotopic (exact) mass is 352 g/mol. The molecule has 134 valence electrons. The average Bonchev–Trinajstić information content (AvgIpc) is 3.34. The lowest BCUT2D eigenvalue weighted by Gasteiger charge is -2.05. The Morgan fingerprint density at radius 3 is 2.92 bits per heavy atom. The second-order valence-corrected chi connectivity index (χ2v) is 5.61. The smallest absolute Gasteiger partial charge is 0.289 e. The number of hydrazone groups is 1. The molecule has 0 saturated carbocycles. The van der Waals surface area contributed by atoms with E-state index >= 15 is 0 Å². The van der Waals surface area contributed by atoms with Crippen LogP contribution in [0.2, 0.25) is 0 Å². The van der Waals surface area contributed by atoms with Crippen LogP contribution in [0.15, 0.2) is 58.2 Å². The molecule has 1 amide bonds. The average molecular weight is 352 g/mol. The molecule has 0 fully saturated rings. The summed E-state index contributed by atoms with van der Waals surface area (Å²) in [6.45, 7) is 2.83. The number of ether oxygens (including phenoxy) is 1. The minimum atomic E-state index is -0.383. The van der Waals surface area contributed by atoms with Gasteiger partial charge in [-0.1, -0.05) is 13.3 Å². The van der Waals surface area contributed by atoms with Gasteiger partial charge in [0.25, 0.3) is 5.91 Å². The largest absolute Gasteiger partial charge is 0.494 e. The first-order valence-corrected chi connectivity index (χ1v) is 8.42. The molecule has 1 aromatic carbocycles. The summed E-state index contributed by atoms with van der Waals surface area (Å²) >= 11 is 0. The first-order valence-electron chi connectivity index (χ1n) is 8.42. The van der Waals surface area contributed by atoms with Crippen LogP contribution in [0, 0.1) is 0 Å². The third-order valence-electron chi connectivity index (χ3n) is 3.64. The van der Waals surface area contributed by atoms with E-state index in [1.54, 1.807) is 18.2 Å². The molecular weight excluding hydrogens is 332 g/mol. The first-order chi connectivity index (χ1) is 12.8. The quantitative estimate of drug-likeness (QED) is 0.368. The Kier molecular flexibility index (Phi) is 5.82. The molecule has 2 heterocycles. The van der Waals surface area contributed by atoms with E-state index in [-0.39, 0.29) is 5.91 Å². The van der Waals surface area contributed by atoms with Crippen molar-refractivity contribution in [3.05, 3.63) is 60.2 Å². The van der Waals surface area contributed by atoms with Crippen molar-refractivity contribution in [2.24, 2.45) is 5.10 Å². The molecule has 0 radical (unpaired) electrons. The Hall–Kier alpha value is -3.35.